The van der Waals surface area contributed by atoms with E-state index in [0.717, 1.165) is 6.61 Å². The second-order valence-corrected chi connectivity index (χ2v) is 6.72. The van der Waals surface area contributed by atoms with Gasteiger partial charge in [-0.25, -0.2) is 0 Å². The second-order valence-electron chi connectivity index (χ2n) is 5.69. The molecular weight excluding hydrogens is 218 g/mol. The molecule has 0 aromatic heterocycles. The summed E-state index contributed by atoms with van der Waals surface area (Å²) in [7, 11) is 1.80. The van der Waals surface area contributed by atoms with Crippen molar-refractivity contribution in [2.24, 2.45) is 5.41 Å². The average molecular weight is 245 g/mol. The van der Waals surface area contributed by atoms with Gasteiger partial charge in [0.25, 0.3) is 0 Å². The molecule has 2 unspecified atom stereocenters. The Hall–Kier alpha value is 0.270. The molecular formula is C13H27NOS. The summed E-state index contributed by atoms with van der Waals surface area (Å²) >= 11 is 2.08. The molecule has 1 aliphatic rings. The molecule has 1 saturated heterocycles. The molecule has 1 N–H and O–H groups in total. The van der Waals surface area contributed by atoms with E-state index in [2.05, 4.69) is 37.8 Å². The van der Waals surface area contributed by atoms with Crippen molar-refractivity contribution in [3.8, 4) is 0 Å². The molecule has 0 saturated carbocycles. The monoisotopic (exact) mass is 245 g/mol. The fraction of sp³-hybridized carbons (Fsp3) is 1.00. The van der Waals surface area contributed by atoms with Crippen LogP contribution in [0, 0.1) is 5.41 Å². The van der Waals surface area contributed by atoms with E-state index < -0.39 is 0 Å². The maximum absolute atomic E-state index is 5.28. The van der Waals surface area contributed by atoms with Crippen LogP contribution >= 0.6 is 11.8 Å². The van der Waals surface area contributed by atoms with E-state index in [1.807, 2.05) is 0 Å². The lowest BCUT2D eigenvalue weighted by Gasteiger charge is -2.37. The second kappa shape index (κ2) is 6.87. The lowest BCUT2D eigenvalue weighted by molar-refractivity contribution is 0.151. The van der Waals surface area contributed by atoms with E-state index in [-0.39, 0.29) is 0 Å². The first-order valence-corrected chi connectivity index (χ1v) is 7.55. The molecule has 2 nitrogen and oxygen atoms in total. The number of hydrogen-bond donors (Lipinski definition) is 1. The summed E-state index contributed by atoms with van der Waals surface area (Å²) in [6.07, 6.45) is 3.74. The Labute approximate surface area is 105 Å². The minimum Gasteiger partial charge on any atom is -0.383 e. The SMILES string of the molecule is CCCC(COC)NC1CSCC(C)(C)C1. The smallest absolute Gasteiger partial charge is 0.0615 e. The van der Waals surface area contributed by atoms with Crippen molar-refractivity contribution in [2.45, 2.75) is 52.1 Å². The molecule has 1 rings (SSSR count). The van der Waals surface area contributed by atoms with Crippen molar-refractivity contribution in [3.63, 3.8) is 0 Å². The van der Waals surface area contributed by atoms with Gasteiger partial charge >= 0.3 is 0 Å². The fourth-order valence-corrected chi connectivity index (χ4v) is 3.75. The molecule has 0 amide bonds. The predicted octanol–water partition coefficient (Wildman–Crippen LogP) is 2.92. The molecule has 0 bridgehead atoms. The van der Waals surface area contributed by atoms with Crippen molar-refractivity contribution in [1.29, 1.82) is 0 Å². The van der Waals surface area contributed by atoms with Gasteiger partial charge in [-0.1, -0.05) is 27.2 Å². The van der Waals surface area contributed by atoms with E-state index in [9.17, 15) is 0 Å². The lowest BCUT2D eigenvalue weighted by Crippen LogP contribution is -2.46. The molecule has 0 aromatic carbocycles. The third-order valence-corrected chi connectivity index (χ3v) is 4.71. The van der Waals surface area contributed by atoms with Crippen LogP contribution < -0.4 is 5.32 Å². The molecule has 96 valence electrons. The van der Waals surface area contributed by atoms with Crippen LogP contribution in [0.4, 0.5) is 0 Å². The van der Waals surface area contributed by atoms with Crippen LogP contribution in [-0.4, -0.2) is 37.3 Å². The first-order chi connectivity index (χ1) is 7.57. The van der Waals surface area contributed by atoms with E-state index >= 15 is 0 Å². The number of ether oxygens (including phenoxy) is 1. The number of methoxy groups -OCH3 is 1. The van der Waals surface area contributed by atoms with Crippen LogP contribution in [0.3, 0.4) is 0 Å². The maximum atomic E-state index is 5.28. The highest BCUT2D eigenvalue weighted by molar-refractivity contribution is 7.99. The molecule has 0 aromatic rings. The zero-order valence-electron chi connectivity index (χ0n) is 11.2. The Bertz CT molecular complexity index is 190. The normalized spacial score (nSPS) is 26.6. The van der Waals surface area contributed by atoms with Gasteiger partial charge < -0.3 is 10.1 Å². The zero-order valence-corrected chi connectivity index (χ0v) is 12.0. The molecule has 16 heavy (non-hydrogen) atoms. The molecule has 2 atom stereocenters. The number of thioether (sulfide) groups is 1. The van der Waals surface area contributed by atoms with Gasteiger partial charge in [0.2, 0.25) is 0 Å². The Kier molecular flexibility index (Phi) is 6.16. The van der Waals surface area contributed by atoms with Crippen molar-refractivity contribution in [2.75, 3.05) is 25.2 Å². The standard InChI is InChI=1S/C13H27NOS/c1-5-6-11(8-15-4)14-12-7-13(2,3)10-16-9-12/h11-12,14H,5-10H2,1-4H3. The summed E-state index contributed by atoms with van der Waals surface area (Å²) in [5.74, 6) is 2.56. The quantitative estimate of drug-likeness (QED) is 0.777. The summed E-state index contributed by atoms with van der Waals surface area (Å²) in [6, 6.07) is 1.20. The van der Waals surface area contributed by atoms with Crippen molar-refractivity contribution >= 4 is 11.8 Å². The summed E-state index contributed by atoms with van der Waals surface area (Å²) in [6.45, 7) is 7.83. The third-order valence-electron chi connectivity index (χ3n) is 3.09. The minimum atomic E-state index is 0.490. The van der Waals surface area contributed by atoms with Crippen LogP contribution in [-0.2, 0) is 4.74 Å². The number of rotatable bonds is 6. The van der Waals surface area contributed by atoms with Crippen LogP contribution in [0.5, 0.6) is 0 Å². The van der Waals surface area contributed by atoms with Gasteiger partial charge in [-0.2, -0.15) is 11.8 Å². The summed E-state index contributed by atoms with van der Waals surface area (Å²) < 4.78 is 5.28. The molecule has 3 heteroatoms. The van der Waals surface area contributed by atoms with E-state index in [1.54, 1.807) is 7.11 Å². The molecule has 1 heterocycles. The van der Waals surface area contributed by atoms with Crippen LogP contribution in [0.2, 0.25) is 0 Å². The van der Waals surface area contributed by atoms with E-state index in [1.165, 1.54) is 30.8 Å². The van der Waals surface area contributed by atoms with Gasteiger partial charge in [0.1, 0.15) is 0 Å². The maximum Gasteiger partial charge on any atom is 0.0615 e. The first kappa shape index (κ1) is 14.3. The van der Waals surface area contributed by atoms with Crippen molar-refractivity contribution in [1.82, 2.24) is 5.32 Å². The average Bonchev–Trinajstić information content (AvgIpc) is 2.16. The molecule has 0 spiro atoms. The highest BCUT2D eigenvalue weighted by Crippen LogP contribution is 2.33. The van der Waals surface area contributed by atoms with Gasteiger partial charge in [-0.15, -0.1) is 0 Å². The Morgan fingerprint density at radius 1 is 1.50 bits per heavy atom. The fourth-order valence-electron chi connectivity index (χ4n) is 2.47. The largest absolute Gasteiger partial charge is 0.383 e. The van der Waals surface area contributed by atoms with Crippen LogP contribution in [0.15, 0.2) is 0 Å². The van der Waals surface area contributed by atoms with Gasteiger partial charge in [-0.05, 0) is 24.0 Å². The molecule has 0 aliphatic carbocycles. The van der Waals surface area contributed by atoms with Crippen molar-refractivity contribution < 1.29 is 4.74 Å². The molecule has 0 radical (unpaired) electrons. The molecule has 1 fully saturated rings. The molecule has 1 aliphatic heterocycles. The Morgan fingerprint density at radius 2 is 2.25 bits per heavy atom. The first-order valence-electron chi connectivity index (χ1n) is 6.40. The minimum absolute atomic E-state index is 0.490. The lowest BCUT2D eigenvalue weighted by atomic mass is 9.87. The van der Waals surface area contributed by atoms with Gasteiger partial charge in [0.05, 0.1) is 6.61 Å². The number of hydrogen-bond acceptors (Lipinski definition) is 3. The van der Waals surface area contributed by atoms with Crippen molar-refractivity contribution in [3.05, 3.63) is 0 Å². The predicted molar refractivity (Wildman–Crippen MR) is 73.2 cm³/mol. The van der Waals surface area contributed by atoms with Gasteiger partial charge in [0, 0.05) is 24.9 Å². The highest BCUT2D eigenvalue weighted by atomic mass is 32.2. The Balaban J connectivity index is 2.38. The number of nitrogens with one attached hydrogen (secondary N) is 1. The zero-order chi connectivity index (χ0) is 12.0. The summed E-state index contributed by atoms with van der Waals surface area (Å²) in [5.41, 5.74) is 0.490. The third kappa shape index (κ3) is 5.07. The van der Waals surface area contributed by atoms with Gasteiger partial charge in [0.15, 0.2) is 0 Å². The van der Waals surface area contributed by atoms with Crippen LogP contribution in [0.25, 0.3) is 0 Å². The van der Waals surface area contributed by atoms with E-state index in [0.29, 0.717) is 17.5 Å². The topological polar surface area (TPSA) is 21.3 Å². The highest BCUT2D eigenvalue weighted by Gasteiger charge is 2.29. The summed E-state index contributed by atoms with van der Waals surface area (Å²) in [5, 5.41) is 3.77. The Morgan fingerprint density at radius 3 is 2.81 bits per heavy atom. The van der Waals surface area contributed by atoms with E-state index in [4.69, 9.17) is 4.74 Å². The van der Waals surface area contributed by atoms with Gasteiger partial charge in [-0.3, -0.25) is 0 Å². The van der Waals surface area contributed by atoms with Crippen LogP contribution in [0.1, 0.15) is 40.0 Å². The summed E-state index contributed by atoms with van der Waals surface area (Å²) in [4.78, 5) is 0.